The van der Waals surface area contributed by atoms with Gasteiger partial charge in [-0.2, -0.15) is 10.3 Å². The standard InChI is InChI=1S/C34H21N5S/c35-20-21-14-16-23(17-15-21)33-36-32(22-8-2-1-3-9-22)37-34(38-33)39-28-12-6-4-10-24(28)26-18-19-27-25-11-5-7-13-29(25)40-31(27)30(26)39/h1-19,32H,(H,36,37,38). The van der Waals surface area contributed by atoms with Crippen molar-refractivity contribution < 1.29 is 0 Å². The highest BCUT2D eigenvalue weighted by Crippen LogP contribution is 2.42. The number of thiophene rings is 1. The summed E-state index contributed by atoms with van der Waals surface area (Å²) in [5.74, 6) is 1.35. The van der Waals surface area contributed by atoms with Crippen LogP contribution in [0.25, 0.3) is 42.0 Å². The van der Waals surface area contributed by atoms with Gasteiger partial charge < -0.3 is 5.32 Å². The molecule has 5 nitrogen and oxygen atoms in total. The molecule has 6 heteroatoms. The van der Waals surface area contributed by atoms with Crippen molar-refractivity contribution in [1.29, 1.82) is 5.26 Å². The van der Waals surface area contributed by atoms with Gasteiger partial charge in [0.15, 0.2) is 0 Å². The molecule has 0 fully saturated rings. The molecule has 1 N–H and O–H groups in total. The first-order valence-electron chi connectivity index (χ1n) is 13.1. The van der Waals surface area contributed by atoms with E-state index in [-0.39, 0.29) is 6.17 Å². The van der Waals surface area contributed by atoms with Crippen LogP contribution in [0.2, 0.25) is 0 Å². The van der Waals surface area contributed by atoms with Crippen LogP contribution in [0.5, 0.6) is 0 Å². The zero-order valence-corrected chi connectivity index (χ0v) is 22.1. The number of fused-ring (bicyclic) bond motifs is 7. The highest BCUT2D eigenvalue weighted by Gasteiger charge is 2.25. The Balaban J connectivity index is 1.45. The van der Waals surface area contributed by atoms with Crippen molar-refractivity contribution in [2.24, 2.45) is 9.98 Å². The number of nitrogens with zero attached hydrogens (tertiary/aromatic N) is 4. The fraction of sp³-hybridized carbons (Fsp3) is 0.0294. The summed E-state index contributed by atoms with van der Waals surface area (Å²) in [7, 11) is 0. The number of aromatic nitrogens is 1. The average molecular weight is 532 g/mol. The maximum Gasteiger partial charge on any atom is 0.234 e. The van der Waals surface area contributed by atoms with E-state index in [2.05, 4.69) is 88.7 Å². The highest BCUT2D eigenvalue weighted by molar-refractivity contribution is 7.26. The Kier molecular flexibility index (Phi) is 5.06. The van der Waals surface area contributed by atoms with Gasteiger partial charge in [0.2, 0.25) is 5.96 Å². The third-order valence-electron chi connectivity index (χ3n) is 7.51. The molecule has 0 bridgehead atoms. The molecule has 5 aromatic carbocycles. The SMILES string of the molecule is N#Cc1ccc(C2=NC(n3c4ccccc4c4ccc5c6ccccc6sc5c43)=NC(c3ccccc3)N2)cc1. The van der Waals surface area contributed by atoms with Crippen molar-refractivity contribution in [3.63, 3.8) is 0 Å². The molecular formula is C34H21N5S. The molecule has 40 heavy (non-hydrogen) atoms. The summed E-state index contributed by atoms with van der Waals surface area (Å²) < 4.78 is 4.71. The fourth-order valence-corrected chi connectivity index (χ4v) is 6.87. The summed E-state index contributed by atoms with van der Waals surface area (Å²) in [5.41, 5.74) is 4.75. The zero-order chi connectivity index (χ0) is 26.6. The van der Waals surface area contributed by atoms with E-state index in [4.69, 9.17) is 9.98 Å². The average Bonchev–Trinajstić information content (AvgIpc) is 3.57. The summed E-state index contributed by atoms with van der Waals surface area (Å²) >= 11 is 1.81. The van der Waals surface area contributed by atoms with Gasteiger partial charge in [-0.1, -0.05) is 78.9 Å². The van der Waals surface area contributed by atoms with Crippen molar-refractivity contribution in [2.45, 2.75) is 6.17 Å². The predicted molar refractivity (Wildman–Crippen MR) is 165 cm³/mol. The fourth-order valence-electron chi connectivity index (χ4n) is 5.63. The van der Waals surface area contributed by atoms with E-state index in [0.29, 0.717) is 11.5 Å². The van der Waals surface area contributed by atoms with Crippen LogP contribution in [0.4, 0.5) is 0 Å². The summed E-state index contributed by atoms with van der Waals surface area (Å²) in [6.07, 6.45) is -0.322. The lowest BCUT2D eigenvalue weighted by molar-refractivity contribution is 0.668. The maximum absolute atomic E-state index is 9.32. The van der Waals surface area contributed by atoms with Gasteiger partial charge in [0, 0.05) is 31.8 Å². The van der Waals surface area contributed by atoms with Crippen molar-refractivity contribution in [2.75, 3.05) is 0 Å². The number of aliphatic imine (C=N–C) groups is 2. The first kappa shape index (κ1) is 22.7. The van der Waals surface area contributed by atoms with E-state index in [9.17, 15) is 5.26 Å². The first-order valence-corrected chi connectivity index (χ1v) is 13.9. The normalized spacial score (nSPS) is 15.2. The Morgan fingerprint density at radius 2 is 1.45 bits per heavy atom. The van der Waals surface area contributed by atoms with Gasteiger partial charge in [-0.3, -0.25) is 4.57 Å². The Morgan fingerprint density at radius 1 is 0.725 bits per heavy atom. The lowest BCUT2D eigenvalue weighted by Crippen LogP contribution is -2.35. The topological polar surface area (TPSA) is 65.5 Å². The molecular weight excluding hydrogens is 510 g/mol. The Morgan fingerprint density at radius 3 is 2.27 bits per heavy atom. The molecule has 1 unspecified atom stereocenters. The van der Waals surface area contributed by atoms with E-state index in [1.54, 1.807) is 0 Å². The minimum absolute atomic E-state index is 0.322. The van der Waals surface area contributed by atoms with Crippen LogP contribution < -0.4 is 5.32 Å². The number of amidine groups is 1. The molecule has 1 aliphatic rings. The molecule has 2 aromatic heterocycles. The van der Waals surface area contributed by atoms with E-state index in [1.165, 1.54) is 30.9 Å². The maximum atomic E-state index is 9.32. The van der Waals surface area contributed by atoms with Gasteiger partial charge in [0.25, 0.3) is 0 Å². The zero-order valence-electron chi connectivity index (χ0n) is 21.2. The molecule has 0 amide bonds. The smallest absolute Gasteiger partial charge is 0.234 e. The van der Waals surface area contributed by atoms with Crippen molar-refractivity contribution in [1.82, 2.24) is 9.88 Å². The van der Waals surface area contributed by atoms with E-state index >= 15 is 0 Å². The quantitative estimate of drug-likeness (QED) is 0.246. The molecule has 0 saturated carbocycles. The molecule has 0 aliphatic carbocycles. The lowest BCUT2D eigenvalue weighted by Gasteiger charge is -2.24. The van der Waals surface area contributed by atoms with Crippen LogP contribution in [0.15, 0.2) is 125 Å². The molecule has 7 aromatic rings. The number of nitriles is 1. The van der Waals surface area contributed by atoms with Crippen LogP contribution in [0.1, 0.15) is 22.9 Å². The van der Waals surface area contributed by atoms with Crippen LogP contribution in [0.3, 0.4) is 0 Å². The molecule has 188 valence electrons. The highest BCUT2D eigenvalue weighted by atomic mass is 32.1. The predicted octanol–water partition coefficient (Wildman–Crippen LogP) is 7.99. The molecule has 8 rings (SSSR count). The van der Waals surface area contributed by atoms with Gasteiger partial charge in [0.05, 0.1) is 27.4 Å². The largest absolute Gasteiger partial charge is 0.344 e. The second-order valence-corrected chi connectivity index (χ2v) is 10.9. The minimum atomic E-state index is -0.322. The molecule has 3 heterocycles. The van der Waals surface area contributed by atoms with Crippen molar-refractivity contribution >= 4 is 65.1 Å². The molecule has 1 aliphatic heterocycles. The summed E-state index contributed by atoms with van der Waals surface area (Å²) in [6.45, 7) is 0. The van der Waals surface area contributed by atoms with E-state index in [0.717, 1.165) is 28.0 Å². The number of nitrogens with one attached hydrogen (secondary N) is 1. The van der Waals surface area contributed by atoms with E-state index in [1.807, 2.05) is 53.8 Å². The number of hydrogen-bond acceptors (Lipinski definition) is 5. The third-order valence-corrected chi connectivity index (χ3v) is 8.71. The van der Waals surface area contributed by atoms with Crippen molar-refractivity contribution in [3.8, 4) is 6.07 Å². The first-order chi connectivity index (χ1) is 19.8. The number of para-hydroxylation sites is 1. The van der Waals surface area contributed by atoms with Crippen LogP contribution >= 0.6 is 11.3 Å². The Labute approximate surface area is 234 Å². The molecule has 0 saturated heterocycles. The monoisotopic (exact) mass is 531 g/mol. The Bertz CT molecular complexity index is 2200. The minimum Gasteiger partial charge on any atom is -0.344 e. The number of benzene rings is 5. The van der Waals surface area contributed by atoms with Crippen LogP contribution in [-0.2, 0) is 0 Å². The lowest BCUT2D eigenvalue weighted by atomic mass is 10.1. The van der Waals surface area contributed by atoms with E-state index < -0.39 is 0 Å². The third kappa shape index (κ3) is 3.46. The van der Waals surface area contributed by atoms with Gasteiger partial charge in [0.1, 0.15) is 12.0 Å². The summed E-state index contributed by atoms with van der Waals surface area (Å²) in [6, 6.07) is 41.5. The second-order valence-electron chi connectivity index (χ2n) is 9.83. The number of hydrogen-bond donors (Lipinski definition) is 1. The van der Waals surface area contributed by atoms with Crippen LogP contribution in [-0.4, -0.2) is 16.4 Å². The summed E-state index contributed by atoms with van der Waals surface area (Å²) in [5, 5.41) is 17.7. The summed E-state index contributed by atoms with van der Waals surface area (Å²) in [4.78, 5) is 10.3. The van der Waals surface area contributed by atoms with Gasteiger partial charge in [-0.25, -0.2) is 4.99 Å². The Hall–Kier alpha value is -5.25. The number of rotatable bonds is 2. The molecule has 0 radical (unpaired) electrons. The van der Waals surface area contributed by atoms with Crippen molar-refractivity contribution in [3.05, 3.63) is 132 Å². The molecule has 0 spiro atoms. The van der Waals surface area contributed by atoms with Gasteiger partial charge >= 0.3 is 0 Å². The van der Waals surface area contributed by atoms with Crippen LogP contribution in [0, 0.1) is 11.3 Å². The van der Waals surface area contributed by atoms with Gasteiger partial charge in [-0.15, -0.1) is 11.3 Å². The molecule has 1 atom stereocenters. The van der Waals surface area contributed by atoms with Gasteiger partial charge in [-0.05, 0) is 42.0 Å². The second kappa shape index (κ2) is 8.91.